The molecule has 0 aromatic carbocycles. The van der Waals surface area contributed by atoms with E-state index in [1.807, 2.05) is 0 Å². The summed E-state index contributed by atoms with van der Waals surface area (Å²) in [4.78, 5) is 0. The van der Waals surface area contributed by atoms with E-state index < -0.39 is 10.2 Å². The Bertz CT molecular complexity index is 107. The maximum absolute atomic E-state index is 10.8. The van der Waals surface area contributed by atoms with Gasteiger partial charge in [0, 0.05) is 24.4 Å². The van der Waals surface area contributed by atoms with Crippen LogP contribution >= 0.6 is 10.8 Å². The summed E-state index contributed by atoms with van der Waals surface area (Å²) >= 11 is 0. The Balaban J connectivity index is 0. The van der Waals surface area contributed by atoms with Crippen molar-refractivity contribution >= 4 is 21.0 Å². The van der Waals surface area contributed by atoms with Crippen molar-refractivity contribution in [1.29, 1.82) is 0 Å². The van der Waals surface area contributed by atoms with Gasteiger partial charge in [0.15, 0.2) is 0 Å². The zero-order valence-corrected chi connectivity index (χ0v) is 9.25. The average molecular weight is 208 g/mol. The average Bonchev–Trinajstić information content (AvgIpc) is 2.03. The first-order valence-electron chi connectivity index (χ1n) is 3.36. The van der Waals surface area contributed by atoms with Gasteiger partial charge in [-0.15, -0.1) is 6.58 Å². The van der Waals surface area contributed by atoms with Crippen LogP contribution in [0.2, 0.25) is 0 Å². The second kappa shape index (κ2) is 13.7. The molecular weight excluding hydrogens is 192 g/mol. The van der Waals surface area contributed by atoms with Gasteiger partial charge in [0.2, 0.25) is 0 Å². The van der Waals surface area contributed by atoms with E-state index in [1.165, 1.54) is 10.8 Å². The largest absolute Gasteiger partial charge is 0.605 e. The predicted molar refractivity (Wildman–Crippen MR) is 58.8 cm³/mol. The first kappa shape index (κ1) is 14.6. The molecule has 0 N–H and O–H groups in total. The molecule has 0 rings (SSSR count). The second-order valence-electron chi connectivity index (χ2n) is 1.74. The van der Waals surface area contributed by atoms with Gasteiger partial charge in [0.25, 0.3) is 0 Å². The highest BCUT2D eigenvalue weighted by atomic mass is 33.1. The number of rotatable bonds is 5. The summed E-state index contributed by atoms with van der Waals surface area (Å²) < 4.78 is 15.0. The Morgan fingerprint density at radius 3 is 2.25 bits per heavy atom. The molecule has 2 nitrogen and oxygen atoms in total. The summed E-state index contributed by atoms with van der Waals surface area (Å²) in [7, 11) is 3.84. The summed E-state index contributed by atoms with van der Waals surface area (Å²) in [6, 6.07) is 0. The zero-order chi connectivity index (χ0) is 9.82. The number of hydrogen-bond acceptors (Lipinski definition) is 3. The van der Waals surface area contributed by atoms with Gasteiger partial charge >= 0.3 is 0 Å². The summed E-state index contributed by atoms with van der Waals surface area (Å²) in [6.07, 6.45) is 3.40. The van der Waals surface area contributed by atoms with Gasteiger partial charge in [0.1, 0.15) is 5.75 Å². The molecule has 0 heterocycles. The Labute approximate surface area is 81.7 Å². The van der Waals surface area contributed by atoms with E-state index in [0.717, 1.165) is 5.75 Å². The lowest BCUT2D eigenvalue weighted by Crippen LogP contribution is -1.97. The third kappa shape index (κ3) is 16.6. The van der Waals surface area contributed by atoms with Crippen molar-refractivity contribution in [3.63, 3.8) is 0 Å². The van der Waals surface area contributed by atoms with Crippen LogP contribution in [0.25, 0.3) is 0 Å². The zero-order valence-electron chi connectivity index (χ0n) is 7.62. The van der Waals surface area contributed by atoms with Crippen LogP contribution in [0, 0.1) is 0 Å². The minimum atomic E-state index is -0.793. The molecule has 0 aliphatic heterocycles. The lowest BCUT2D eigenvalue weighted by atomic mass is 10.8. The van der Waals surface area contributed by atoms with E-state index in [9.17, 15) is 4.55 Å². The van der Waals surface area contributed by atoms with Crippen molar-refractivity contribution in [2.24, 2.45) is 0 Å². The molecule has 0 bridgehead atoms. The number of hydrogen-bond donors (Lipinski definition) is 0. The minimum Gasteiger partial charge on any atom is -0.605 e. The molecule has 0 amide bonds. The van der Waals surface area contributed by atoms with Crippen molar-refractivity contribution in [3.05, 3.63) is 25.3 Å². The number of methoxy groups -OCH3 is 1. The lowest BCUT2D eigenvalue weighted by molar-refractivity contribution is 0.277. The van der Waals surface area contributed by atoms with E-state index in [4.69, 9.17) is 0 Å². The van der Waals surface area contributed by atoms with Crippen LogP contribution in [0.4, 0.5) is 0 Å². The Morgan fingerprint density at radius 1 is 1.42 bits per heavy atom. The second-order valence-corrected chi connectivity index (χ2v) is 5.07. The van der Waals surface area contributed by atoms with Crippen LogP contribution in [0.15, 0.2) is 25.3 Å². The molecule has 72 valence electrons. The van der Waals surface area contributed by atoms with Crippen LogP contribution < -0.4 is 0 Å². The van der Waals surface area contributed by atoms with E-state index in [0.29, 0.717) is 5.75 Å². The Morgan fingerprint density at radius 2 is 1.92 bits per heavy atom. The molecule has 1 unspecified atom stereocenters. The maximum Gasteiger partial charge on any atom is 0.135 e. The summed E-state index contributed by atoms with van der Waals surface area (Å²) in [5, 5.41) is 0. The van der Waals surface area contributed by atoms with Gasteiger partial charge < -0.3 is 9.29 Å². The van der Waals surface area contributed by atoms with Crippen LogP contribution in [0.5, 0.6) is 0 Å². The van der Waals surface area contributed by atoms with Crippen LogP contribution in [0.3, 0.4) is 0 Å². The highest BCUT2D eigenvalue weighted by molar-refractivity contribution is 8.72. The molecule has 0 radical (unpaired) electrons. The fourth-order valence-electron chi connectivity index (χ4n) is 0.268. The SMILES string of the molecule is C=CCS[S+]([O-])CC=C.COC. The van der Waals surface area contributed by atoms with Gasteiger partial charge in [-0.2, -0.15) is 0 Å². The third-order valence-corrected chi connectivity index (χ3v) is 3.32. The first-order chi connectivity index (χ1) is 5.72. The molecular formula is C8H16O2S2. The highest BCUT2D eigenvalue weighted by Gasteiger charge is 2.01. The first-order valence-corrected chi connectivity index (χ1v) is 6.18. The molecule has 1 atom stereocenters. The van der Waals surface area contributed by atoms with E-state index in [-0.39, 0.29) is 0 Å². The molecule has 0 saturated carbocycles. The van der Waals surface area contributed by atoms with Crippen molar-refractivity contribution in [2.45, 2.75) is 0 Å². The van der Waals surface area contributed by atoms with Crippen LogP contribution in [-0.2, 0) is 14.9 Å². The fourth-order valence-corrected chi connectivity index (χ4v) is 2.13. The molecule has 12 heavy (non-hydrogen) atoms. The summed E-state index contributed by atoms with van der Waals surface area (Å²) in [6.45, 7) is 6.99. The van der Waals surface area contributed by atoms with Gasteiger partial charge in [0.05, 0.1) is 16.5 Å². The van der Waals surface area contributed by atoms with E-state index in [1.54, 1.807) is 26.4 Å². The van der Waals surface area contributed by atoms with Gasteiger partial charge in [-0.1, -0.05) is 12.7 Å². The topological polar surface area (TPSA) is 32.3 Å². The minimum absolute atomic E-state index is 0.568. The molecule has 0 aliphatic carbocycles. The molecule has 4 heteroatoms. The standard InChI is InChI=1S/C6H10OS2.C2H6O/c1-3-5-8-9(7)6-4-2;1-3-2/h3-4H,1-2,5-6H2;1-2H3. The van der Waals surface area contributed by atoms with E-state index in [2.05, 4.69) is 17.9 Å². The van der Waals surface area contributed by atoms with Crippen molar-refractivity contribution < 1.29 is 9.29 Å². The summed E-state index contributed by atoms with van der Waals surface area (Å²) in [5.74, 6) is 1.32. The normalized spacial score (nSPS) is 10.9. The molecule has 0 saturated heterocycles. The monoisotopic (exact) mass is 208 g/mol. The van der Waals surface area contributed by atoms with Crippen molar-refractivity contribution in [2.75, 3.05) is 25.7 Å². The maximum atomic E-state index is 10.8. The third-order valence-electron chi connectivity index (χ3n) is 0.571. The summed E-state index contributed by atoms with van der Waals surface area (Å²) in [5.41, 5.74) is 0. The highest BCUT2D eigenvalue weighted by Crippen LogP contribution is 2.12. The molecule has 0 fully saturated rings. The van der Waals surface area contributed by atoms with Crippen LogP contribution in [0.1, 0.15) is 0 Å². The molecule has 0 spiro atoms. The van der Waals surface area contributed by atoms with Crippen molar-refractivity contribution in [3.8, 4) is 0 Å². The lowest BCUT2D eigenvalue weighted by Gasteiger charge is -2.02. The predicted octanol–water partition coefficient (Wildman–Crippen LogP) is 2.02. The number of ether oxygens (including phenoxy) is 1. The van der Waals surface area contributed by atoms with Crippen LogP contribution in [-0.4, -0.2) is 30.3 Å². The Hall–Kier alpha value is 0.1000. The van der Waals surface area contributed by atoms with Gasteiger partial charge in [-0.05, 0) is 6.08 Å². The Kier molecular flexibility index (Phi) is 16.7. The fraction of sp³-hybridized carbons (Fsp3) is 0.500. The van der Waals surface area contributed by atoms with Gasteiger partial charge in [-0.3, -0.25) is 0 Å². The van der Waals surface area contributed by atoms with Gasteiger partial charge in [-0.25, -0.2) is 0 Å². The quantitative estimate of drug-likeness (QED) is 0.393. The van der Waals surface area contributed by atoms with E-state index >= 15 is 0 Å². The molecule has 0 aromatic heterocycles. The molecule has 0 aromatic rings. The van der Waals surface area contributed by atoms with Crippen molar-refractivity contribution in [1.82, 2.24) is 0 Å². The molecule has 0 aliphatic rings. The smallest absolute Gasteiger partial charge is 0.135 e.